The Hall–Kier alpha value is -1.62. The van der Waals surface area contributed by atoms with E-state index >= 15 is 0 Å². The normalized spacial score (nSPS) is 25.2. The average molecular weight is 332 g/mol. The van der Waals surface area contributed by atoms with E-state index in [0.29, 0.717) is 23.3 Å². The van der Waals surface area contributed by atoms with Crippen LogP contribution in [0.3, 0.4) is 0 Å². The van der Waals surface area contributed by atoms with Gasteiger partial charge in [0.25, 0.3) is 0 Å². The van der Waals surface area contributed by atoms with E-state index in [9.17, 15) is 4.79 Å². The first-order valence-corrected chi connectivity index (χ1v) is 8.83. The topological polar surface area (TPSA) is 50.4 Å². The van der Waals surface area contributed by atoms with Crippen LogP contribution in [0.2, 0.25) is 0 Å². The van der Waals surface area contributed by atoms with Crippen molar-refractivity contribution >= 4 is 29.0 Å². The van der Waals surface area contributed by atoms with E-state index in [1.165, 1.54) is 25.7 Å². The van der Waals surface area contributed by atoms with Crippen molar-refractivity contribution < 1.29 is 9.53 Å². The standard InChI is InChI=1S/C18H24N2O2S/c1-3-22-17(21)14-6-7-15(11(2)8-14)19-18(23)20-16-10-12-4-5-13(16)9-12/h6-8,12-13,16H,3-5,9-10H2,1-2H3,(H2,19,20,23)/t12-,13-,16-/m1/s1. The van der Waals surface area contributed by atoms with E-state index in [1.807, 2.05) is 19.1 Å². The Bertz CT molecular complexity index is 617. The number of hydrogen-bond donors (Lipinski definition) is 2. The second-order valence-electron chi connectivity index (χ2n) is 6.63. The zero-order valence-corrected chi connectivity index (χ0v) is 14.5. The Balaban J connectivity index is 1.59. The highest BCUT2D eigenvalue weighted by Crippen LogP contribution is 2.44. The maximum atomic E-state index is 11.8. The molecule has 0 heterocycles. The van der Waals surface area contributed by atoms with Gasteiger partial charge in [-0.1, -0.05) is 6.42 Å². The summed E-state index contributed by atoms with van der Waals surface area (Å²) in [7, 11) is 0. The lowest BCUT2D eigenvalue weighted by Gasteiger charge is -2.25. The number of aryl methyl sites for hydroxylation is 1. The van der Waals surface area contributed by atoms with Crippen LogP contribution in [0.25, 0.3) is 0 Å². The molecule has 0 amide bonds. The summed E-state index contributed by atoms with van der Waals surface area (Å²) < 4.78 is 5.02. The number of ether oxygens (including phenoxy) is 1. The molecule has 3 rings (SSSR count). The zero-order valence-electron chi connectivity index (χ0n) is 13.7. The first-order chi connectivity index (χ1) is 11.1. The fourth-order valence-electron chi connectivity index (χ4n) is 3.89. The molecule has 0 saturated heterocycles. The van der Waals surface area contributed by atoms with Crippen LogP contribution in [0.4, 0.5) is 5.69 Å². The highest BCUT2D eigenvalue weighted by Gasteiger charge is 2.39. The minimum atomic E-state index is -0.287. The van der Waals surface area contributed by atoms with Gasteiger partial charge in [-0.05, 0) is 80.9 Å². The van der Waals surface area contributed by atoms with Crippen LogP contribution in [0, 0.1) is 18.8 Å². The maximum Gasteiger partial charge on any atom is 0.338 e. The SMILES string of the molecule is CCOC(=O)c1ccc(NC(=S)N[C@@H]2C[C@@H]3CC[C@@H]2C3)c(C)c1. The molecule has 124 valence electrons. The molecule has 0 radical (unpaired) electrons. The largest absolute Gasteiger partial charge is 0.462 e. The van der Waals surface area contributed by atoms with Crippen LogP contribution in [0.15, 0.2) is 18.2 Å². The Labute approximate surface area is 143 Å². The first kappa shape index (κ1) is 16.2. The lowest BCUT2D eigenvalue weighted by molar-refractivity contribution is 0.0526. The number of thiocarbonyl (C=S) groups is 1. The van der Waals surface area contributed by atoms with Crippen LogP contribution in [0.1, 0.15) is 48.5 Å². The summed E-state index contributed by atoms with van der Waals surface area (Å²) in [6, 6.07) is 6.01. The summed E-state index contributed by atoms with van der Waals surface area (Å²) in [6.45, 7) is 4.15. The van der Waals surface area contributed by atoms with E-state index in [1.54, 1.807) is 13.0 Å². The fraction of sp³-hybridized carbons (Fsp3) is 0.556. The monoisotopic (exact) mass is 332 g/mol. The number of carbonyl (C=O) groups is 1. The van der Waals surface area contributed by atoms with Crippen molar-refractivity contribution in [3.8, 4) is 0 Å². The molecular formula is C18H24N2O2S. The highest BCUT2D eigenvalue weighted by atomic mass is 32.1. The minimum absolute atomic E-state index is 0.287. The molecular weight excluding hydrogens is 308 g/mol. The molecule has 23 heavy (non-hydrogen) atoms. The molecule has 5 heteroatoms. The minimum Gasteiger partial charge on any atom is -0.462 e. The number of hydrogen-bond acceptors (Lipinski definition) is 3. The molecule has 2 aliphatic carbocycles. The molecule has 2 bridgehead atoms. The van der Waals surface area contributed by atoms with Gasteiger partial charge in [0, 0.05) is 11.7 Å². The van der Waals surface area contributed by atoms with Gasteiger partial charge in [-0.2, -0.15) is 0 Å². The van der Waals surface area contributed by atoms with Gasteiger partial charge in [0.2, 0.25) is 0 Å². The molecule has 2 fully saturated rings. The van der Waals surface area contributed by atoms with E-state index in [2.05, 4.69) is 10.6 Å². The van der Waals surface area contributed by atoms with Crippen LogP contribution < -0.4 is 10.6 Å². The Kier molecular flexibility index (Phi) is 4.85. The summed E-state index contributed by atoms with van der Waals surface area (Å²) in [4.78, 5) is 11.8. The molecule has 2 aliphatic rings. The van der Waals surface area contributed by atoms with Crippen LogP contribution in [-0.4, -0.2) is 23.7 Å². The number of esters is 1. The van der Waals surface area contributed by atoms with Crippen molar-refractivity contribution in [3.63, 3.8) is 0 Å². The predicted molar refractivity (Wildman–Crippen MR) is 95.7 cm³/mol. The second kappa shape index (κ2) is 6.87. The smallest absolute Gasteiger partial charge is 0.338 e. The third-order valence-electron chi connectivity index (χ3n) is 5.04. The quantitative estimate of drug-likeness (QED) is 0.651. The second-order valence-corrected chi connectivity index (χ2v) is 7.04. The summed E-state index contributed by atoms with van der Waals surface area (Å²) in [6.07, 6.45) is 5.32. The maximum absolute atomic E-state index is 11.8. The molecule has 1 aromatic carbocycles. The van der Waals surface area contributed by atoms with Gasteiger partial charge >= 0.3 is 5.97 Å². The van der Waals surface area contributed by atoms with Gasteiger partial charge in [-0.25, -0.2) is 4.79 Å². The Morgan fingerprint density at radius 3 is 2.78 bits per heavy atom. The van der Waals surface area contributed by atoms with Gasteiger partial charge in [0.1, 0.15) is 0 Å². The first-order valence-electron chi connectivity index (χ1n) is 8.42. The molecule has 0 unspecified atom stereocenters. The van der Waals surface area contributed by atoms with E-state index in [-0.39, 0.29) is 5.97 Å². The fourth-order valence-corrected chi connectivity index (χ4v) is 4.15. The van der Waals surface area contributed by atoms with Gasteiger partial charge in [-0.15, -0.1) is 0 Å². The van der Waals surface area contributed by atoms with Crippen molar-refractivity contribution in [1.82, 2.24) is 5.32 Å². The van der Waals surface area contributed by atoms with Crippen LogP contribution in [-0.2, 0) is 4.74 Å². The van der Waals surface area contributed by atoms with Gasteiger partial charge in [0.05, 0.1) is 12.2 Å². The molecule has 3 atom stereocenters. The summed E-state index contributed by atoms with van der Waals surface area (Å²) in [5, 5.41) is 7.41. The number of nitrogens with one attached hydrogen (secondary N) is 2. The number of carbonyl (C=O) groups excluding carboxylic acids is 1. The third-order valence-corrected chi connectivity index (χ3v) is 5.26. The number of fused-ring (bicyclic) bond motifs is 2. The van der Waals surface area contributed by atoms with Crippen molar-refractivity contribution in [3.05, 3.63) is 29.3 Å². The molecule has 2 N–H and O–H groups in total. The lowest BCUT2D eigenvalue weighted by Crippen LogP contribution is -2.40. The van der Waals surface area contributed by atoms with Crippen molar-refractivity contribution in [2.24, 2.45) is 11.8 Å². The van der Waals surface area contributed by atoms with Gasteiger partial charge in [0.15, 0.2) is 5.11 Å². The molecule has 0 aromatic heterocycles. The molecule has 2 saturated carbocycles. The summed E-state index contributed by atoms with van der Waals surface area (Å²) in [5.41, 5.74) is 2.48. The number of benzene rings is 1. The Morgan fingerprint density at radius 1 is 1.35 bits per heavy atom. The zero-order chi connectivity index (χ0) is 16.4. The van der Waals surface area contributed by atoms with Crippen LogP contribution in [0.5, 0.6) is 0 Å². The predicted octanol–water partition coefficient (Wildman–Crippen LogP) is 3.65. The Morgan fingerprint density at radius 2 is 2.17 bits per heavy atom. The van der Waals surface area contributed by atoms with Crippen molar-refractivity contribution in [2.75, 3.05) is 11.9 Å². The molecule has 0 spiro atoms. The van der Waals surface area contributed by atoms with E-state index in [0.717, 1.165) is 23.1 Å². The number of rotatable bonds is 4. The molecule has 1 aromatic rings. The molecule has 0 aliphatic heterocycles. The number of anilines is 1. The van der Waals surface area contributed by atoms with Crippen molar-refractivity contribution in [2.45, 2.75) is 45.6 Å². The summed E-state index contributed by atoms with van der Waals surface area (Å²) >= 11 is 5.46. The summed E-state index contributed by atoms with van der Waals surface area (Å²) in [5.74, 6) is 1.39. The average Bonchev–Trinajstić information content (AvgIpc) is 3.12. The third kappa shape index (κ3) is 3.66. The van der Waals surface area contributed by atoms with Crippen molar-refractivity contribution in [1.29, 1.82) is 0 Å². The van der Waals surface area contributed by atoms with Crippen LogP contribution >= 0.6 is 12.2 Å². The highest BCUT2D eigenvalue weighted by molar-refractivity contribution is 7.80. The lowest BCUT2D eigenvalue weighted by atomic mass is 9.95. The van der Waals surface area contributed by atoms with Gasteiger partial charge in [-0.3, -0.25) is 0 Å². The van der Waals surface area contributed by atoms with E-state index in [4.69, 9.17) is 17.0 Å². The van der Waals surface area contributed by atoms with E-state index < -0.39 is 0 Å². The van der Waals surface area contributed by atoms with Gasteiger partial charge < -0.3 is 15.4 Å². The molecule has 4 nitrogen and oxygen atoms in total.